The summed E-state index contributed by atoms with van der Waals surface area (Å²) in [6.07, 6.45) is 0. The van der Waals surface area contributed by atoms with E-state index < -0.39 is 0 Å². The fourth-order valence-electron chi connectivity index (χ4n) is 1.53. The molecule has 1 amide bonds. The van der Waals surface area contributed by atoms with Crippen LogP contribution in [0.25, 0.3) is 0 Å². The third-order valence-electron chi connectivity index (χ3n) is 2.60. The standard InChI is InChI=1S/C13H18ClNO/c1-9(2)11-4-6-12(7-5-11)10(3)15-13(16)8-14/h4-7,9-10H,8H2,1-3H3,(H,15,16). The number of alkyl halides is 1. The molecule has 0 aliphatic rings. The molecule has 1 rings (SSSR count). The lowest BCUT2D eigenvalue weighted by atomic mass is 10.00. The van der Waals surface area contributed by atoms with E-state index in [1.54, 1.807) is 0 Å². The van der Waals surface area contributed by atoms with Crippen LogP contribution in [0.2, 0.25) is 0 Å². The summed E-state index contributed by atoms with van der Waals surface area (Å²) in [6.45, 7) is 6.27. The molecule has 1 N–H and O–H groups in total. The van der Waals surface area contributed by atoms with Crippen LogP contribution in [0.3, 0.4) is 0 Å². The van der Waals surface area contributed by atoms with Crippen molar-refractivity contribution in [1.29, 1.82) is 0 Å². The number of benzene rings is 1. The highest BCUT2D eigenvalue weighted by atomic mass is 35.5. The van der Waals surface area contributed by atoms with Crippen LogP contribution in [0.5, 0.6) is 0 Å². The molecule has 0 aliphatic heterocycles. The van der Waals surface area contributed by atoms with Gasteiger partial charge in [0, 0.05) is 0 Å². The lowest BCUT2D eigenvalue weighted by Crippen LogP contribution is -2.27. The first-order valence-electron chi connectivity index (χ1n) is 5.49. The van der Waals surface area contributed by atoms with Gasteiger partial charge in [-0.1, -0.05) is 38.1 Å². The van der Waals surface area contributed by atoms with Crippen LogP contribution in [0.4, 0.5) is 0 Å². The fraction of sp³-hybridized carbons (Fsp3) is 0.462. The first-order chi connectivity index (χ1) is 7.54. The number of halogens is 1. The van der Waals surface area contributed by atoms with Gasteiger partial charge in [-0.3, -0.25) is 4.79 Å². The number of hydrogen-bond donors (Lipinski definition) is 1. The molecule has 2 nitrogen and oxygen atoms in total. The molecule has 0 heterocycles. The van der Waals surface area contributed by atoms with Gasteiger partial charge in [0.05, 0.1) is 6.04 Å². The van der Waals surface area contributed by atoms with Gasteiger partial charge in [-0.25, -0.2) is 0 Å². The van der Waals surface area contributed by atoms with E-state index in [0.717, 1.165) is 5.56 Å². The summed E-state index contributed by atoms with van der Waals surface area (Å²) in [5.74, 6) is 0.401. The predicted octanol–water partition coefficient (Wildman–Crippen LogP) is 3.23. The number of hydrogen-bond acceptors (Lipinski definition) is 1. The SMILES string of the molecule is CC(C)c1ccc(C(C)NC(=O)CCl)cc1. The van der Waals surface area contributed by atoms with Crippen molar-refractivity contribution in [2.24, 2.45) is 0 Å². The minimum atomic E-state index is -0.137. The number of amides is 1. The smallest absolute Gasteiger partial charge is 0.235 e. The fourth-order valence-corrected chi connectivity index (χ4v) is 1.61. The Kier molecular flexibility index (Phi) is 4.81. The lowest BCUT2D eigenvalue weighted by molar-refractivity contribution is -0.119. The number of nitrogens with one attached hydrogen (secondary N) is 1. The minimum absolute atomic E-state index is 0.00691. The van der Waals surface area contributed by atoms with Gasteiger partial charge in [-0.05, 0) is 24.0 Å². The molecule has 0 bridgehead atoms. The second kappa shape index (κ2) is 5.90. The largest absolute Gasteiger partial charge is 0.349 e. The monoisotopic (exact) mass is 239 g/mol. The summed E-state index contributed by atoms with van der Waals surface area (Å²) >= 11 is 5.44. The molecule has 0 fully saturated rings. The molecular weight excluding hydrogens is 222 g/mol. The van der Waals surface area contributed by atoms with Gasteiger partial charge in [-0.2, -0.15) is 0 Å². The zero-order chi connectivity index (χ0) is 12.1. The molecule has 0 radical (unpaired) electrons. The summed E-state index contributed by atoms with van der Waals surface area (Å²) in [5, 5.41) is 2.82. The Morgan fingerprint density at radius 3 is 2.12 bits per heavy atom. The Morgan fingerprint density at radius 2 is 1.69 bits per heavy atom. The molecule has 3 heteroatoms. The quantitative estimate of drug-likeness (QED) is 0.804. The molecule has 1 unspecified atom stereocenters. The van der Waals surface area contributed by atoms with Crippen LogP contribution in [0.15, 0.2) is 24.3 Å². The van der Waals surface area contributed by atoms with Crippen LogP contribution in [-0.2, 0) is 4.79 Å². The molecule has 0 aromatic heterocycles. The second-order valence-electron chi connectivity index (χ2n) is 4.24. The first kappa shape index (κ1) is 13.0. The average molecular weight is 240 g/mol. The summed E-state index contributed by atoms with van der Waals surface area (Å²) < 4.78 is 0. The van der Waals surface area contributed by atoms with Crippen LogP contribution in [0, 0.1) is 0 Å². The van der Waals surface area contributed by atoms with E-state index in [4.69, 9.17) is 11.6 Å². The predicted molar refractivity (Wildman–Crippen MR) is 67.8 cm³/mol. The van der Waals surface area contributed by atoms with Crippen molar-refractivity contribution in [3.05, 3.63) is 35.4 Å². The normalized spacial score (nSPS) is 12.6. The summed E-state index contributed by atoms with van der Waals surface area (Å²) in [4.78, 5) is 11.1. The Hall–Kier alpha value is -1.02. The molecule has 0 saturated carbocycles. The van der Waals surface area contributed by atoms with Gasteiger partial charge >= 0.3 is 0 Å². The molecule has 1 aromatic carbocycles. The average Bonchev–Trinajstić information content (AvgIpc) is 2.28. The maximum atomic E-state index is 11.1. The van der Waals surface area contributed by atoms with E-state index in [0.29, 0.717) is 5.92 Å². The number of carbonyl (C=O) groups is 1. The van der Waals surface area contributed by atoms with Crippen molar-refractivity contribution >= 4 is 17.5 Å². The third kappa shape index (κ3) is 3.53. The van der Waals surface area contributed by atoms with Gasteiger partial charge in [0.15, 0.2) is 0 Å². The van der Waals surface area contributed by atoms with E-state index in [9.17, 15) is 4.79 Å². The van der Waals surface area contributed by atoms with Crippen LogP contribution < -0.4 is 5.32 Å². The minimum Gasteiger partial charge on any atom is -0.349 e. The maximum Gasteiger partial charge on any atom is 0.235 e. The number of rotatable bonds is 4. The van der Waals surface area contributed by atoms with Gasteiger partial charge in [-0.15, -0.1) is 11.6 Å². The van der Waals surface area contributed by atoms with E-state index in [2.05, 4.69) is 43.4 Å². The highest BCUT2D eigenvalue weighted by Crippen LogP contribution is 2.18. The van der Waals surface area contributed by atoms with E-state index >= 15 is 0 Å². The van der Waals surface area contributed by atoms with Gasteiger partial charge < -0.3 is 5.32 Å². The van der Waals surface area contributed by atoms with Crippen molar-refractivity contribution in [1.82, 2.24) is 5.32 Å². The molecular formula is C13H18ClNO. The lowest BCUT2D eigenvalue weighted by Gasteiger charge is -2.14. The van der Waals surface area contributed by atoms with E-state index in [1.807, 2.05) is 6.92 Å². The molecule has 1 atom stereocenters. The topological polar surface area (TPSA) is 29.1 Å². The zero-order valence-corrected chi connectivity index (χ0v) is 10.7. The highest BCUT2D eigenvalue weighted by molar-refractivity contribution is 6.27. The van der Waals surface area contributed by atoms with Crippen LogP contribution in [-0.4, -0.2) is 11.8 Å². The van der Waals surface area contributed by atoms with E-state index in [1.165, 1.54) is 5.56 Å². The van der Waals surface area contributed by atoms with Crippen molar-refractivity contribution in [2.75, 3.05) is 5.88 Å². The molecule has 0 saturated heterocycles. The first-order valence-corrected chi connectivity index (χ1v) is 6.03. The third-order valence-corrected chi connectivity index (χ3v) is 2.84. The van der Waals surface area contributed by atoms with Gasteiger partial charge in [0.25, 0.3) is 0 Å². The molecule has 1 aromatic rings. The molecule has 16 heavy (non-hydrogen) atoms. The second-order valence-corrected chi connectivity index (χ2v) is 4.51. The highest BCUT2D eigenvalue weighted by Gasteiger charge is 2.08. The Morgan fingerprint density at radius 1 is 1.19 bits per heavy atom. The molecule has 0 spiro atoms. The Bertz CT molecular complexity index is 345. The Labute approximate surface area is 102 Å². The summed E-state index contributed by atoms with van der Waals surface area (Å²) in [6, 6.07) is 8.31. The van der Waals surface area contributed by atoms with E-state index in [-0.39, 0.29) is 17.8 Å². The van der Waals surface area contributed by atoms with Crippen LogP contribution in [0.1, 0.15) is 43.9 Å². The van der Waals surface area contributed by atoms with Crippen LogP contribution >= 0.6 is 11.6 Å². The zero-order valence-electron chi connectivity index (χ0n) is 9.96. The van der Waals surface area contributed by atoms with Crippen molar-refractivity contribution in [2.45, 2.75) is 32.7 Å². The van der Waals surface area contributed by atoms with Crippen molar-refractivity contribution < 1.29 is 4.79 Å². The number of carbonyl (C=O) groups excluding carboxylic acids is 1. The molecule has 0 aliphatic carbocycles. The maximum absolute atomic E-state index is 11.1. The van der Waals surface area contributed by atoms with Gasteiger partial charge in [0.1, 0.15) is 5.88 Å². The summed E-state index contributed by atoms with van der Waals surface area (Å²) in [5.41, 5.74) is 2.41. The van der Waals surface area contributed by atoms with Crippen molar-refractivity contribution in [3.8, 4) is 0 Å². The molecule has 88 valence electrons. The summed E-state index contributed by atoms with van der Waals surface area (Å²) in [7, 11) is 0. The Balaban J connectivity index is 2.70. The van der Waals surface area contributed by atoms with Crippen molar-refractivity contribution in [3.63, 3.8) is 0 Å². The van der Waals surface area contributed by atoms with Gasteiger partial charge in [0.2, 0.25) is 5.91 Å².